The average Bonchev–Trinajstić information content (AvgIpc) is 2.81. The summed E-state index contributed by atoms with van der Waals surface area (Å²) in [6.45, 7) is 8.14. The quantitative estimate of drug-likeness (QED) is 0.400. The minimum absolute atomic E-state index is 0.0414. The first-order chi connectivity index (χ1) is 15.3. The van der Waals surface area contributed by atoms with Crippen molar-refractivity contribution in [2.45, 2.75) is 46.6 Å². The minimum atomic E-state index is -0.995. The molecule has 0 aliphatic carbocycles. The fourth-order valence-corrected chi connectivity index (χ4v) is 3.35. The smallest absolute Gasteiger partial charge is 0.335 e. The second-order valence-electron chi connectivity index (χ2n) is 7.02. The van der Waals surface area contributed by atoms with Crippen molar-refractivity contribution in [3.05, 3.63) is 76.2 Å². The Balaban J connectivity index is 0.00000176. The Kier molecular flexibility index (Phi) is 9.02. The maximum absolute atomic E-state index is 14.0. The molecule has 3 N–H and O–H groups in total. The van der Waals surface area contributed by atoms with Gasteiger partial charge in [0, 0.05) is 17.3 Å². The van der Waals surface area contributed by atoms with Gasteiger partial charge in [-0.1, -0.05) is 57.5 Å². The SMILES string of the molecule is CC.CCC(C)c1ccc(F)c(Cl)c1COc1cc(-c2ccc(C(=O)O)cc2)cnc1N. The highest BCUT2D eigenvalue weighted by Crippen LogP contribution is 2.33. The summed E-state index contributed by atoms with van der Waals surface area (Å²) in [5.74, 6) is -0.772. The van der Waals surface area contributed by atoms with Gasteiger partial charge in [-0.05, 0) is 47.7 Å². The zero-order chi connectivity index (χ0) is 23.8. The van der Waals surface area contributed by atoms with Crippen molar-refractivity contribution in [2.75, 3.05) is 5.73 Å². The summed E-state index contributed by atoms with van der Waals surface area (Å²) in [7, 11) is 0. The van der Waals surface area contributed by atoms with E-state index < -0.39 is 11.8 Å². The minimum Gasteiger partial charge on any atom is -0.485 e. The van der Waals surface area contributed by atoms with Gasteiger partial charge in [-0.2, -0.15) is 0 Å². The highest BCUT2D eigenvalue weighted by molar-refractivity contribution is 6.31. The van der Waals surface area contributed by atoms with Gasteiger partial charge < -0.3 is 15.6 Å². The molecule has 1 aromatic heterocycles. The Morgan fingerprint density at radius 3 is 2.44 bits per heavy atom. The van der Waals surface area contributed by atoms with Crippen LogP contribution >= 0.6 is 11.6 Å². The van der Waals surface area contributed by atoms with Crippen molar-refractivity contribution < 1.29 is 19.0 Å². The summed E-state index contributed by atoms with van der Waals surface area (Å²) in [4.78, 5) is 15.2. The average molecular weight is 459 g/mol. The molecule has 2 aromatic carbocycles. The van der Waals surface area contributed by atoms with Gasteiger partial charge in [-0.3, -0.25) is 0 Å². The van der Waals surface area contributed by atoms with Crippen LogP contribution in [0.5, 0.6) is 5.75 Å². The molecule has 3 aromatic rings. The van der Waals surface area contributed by atoms with Gasteiger partial charge in [0.1, 0.15) is 12.4 Å². The standard InChI is InChI=1S/C23H22ClFN2O3.C2H6/c1-3-13(2)17-8-9-19(25)21(24)18(17)12-30-20-10-16(11-27-22(20)26)14-4-6-15(7-5-14)23(28)29;1-2/h4-11,13H,3,12H2,1-2H3,(H2,26,27)(H,28,29);1-2H3. The predicted octanol–water partition coefficient (Wildman–Crippen LogP) is 6.94. The van der Waals surface area contributed by atoms with Crippen LogP contribution < -0.4 is 10.5 Å². The number of anilines is 1. The van der Waals surface area contributed by atoms with Crippen LogP contribution in [0.2, 0.25) is 5.02 Å². The van der Waals surface area contributed by atoms with E-state index in [4.69, 9.17) is 27.2 Å². The lowest BCUT2D eigenvalue weighted by Gasteiger charge is -2.18. The molecule has 0 spiro atoms. The third-order valence-corrected chi connectivity index (χ3v) is 5.50. The molecule has 0 radical (unpaired) electrons. The number of aromatic nitrogens is 1. The number of nitrogens with two attached hydrogens (primary N) is 1. The number of nitrogens with zero attached hydrogens (tertiary/aromatic N) is 1. The maximum atomic E-state index is 14.0. The first-order valence-corrected chi connectivity index (χ1v) is 10.9. The zero-order valence-electron chi connectivity index (χ0n) is 18.7. The van der Waals surface area contributed by atoms with Crippen LogP contribution in [0.4, 0.5) is 10.2 Å². The molecule has 7 heteroatoms. The molecule has 1 atom stereocenters. The van der Waals surface area contributed by atoms with Crippen LogP contribution in [-0.2, 0) is 6.61 Å². The Morgan fingerprint density at radius 1 is 1.19 bits per heavy atom. The lowest BCUT2D eigenvalue weighted by molar-refractivity contribution is 0.0697. The number of aromatic carboxylic acids is 1. The molecule has 1 heterocycles. The van der Waals surface area contributed by atoms with Crippen molar-refractivity contribution in [3.8, 4) is 16.9 Å². The Bertz CT molecular complexity index is 1070. The summed E-state index contributed by atoms with van der Waals surface area (Å²) < 4.78 is 19.9. The number of carbonyl (C=O) groups is 1. The number of carboxylic acids is 1. The van der Waals surface area contributed by atoms with Gasteiger partial charge >= 0.3 is 5.97 Å². The highest BCUT2D eigenvalue weighted by atomic mass is 35.5. The van der Waals surface area contributed by atoms with Crippen molar-refractivity contribution in [1.29, 1.82) is 0 Å². The second-order valence-corrected chi connectivity index (χ2v) is 7.39. The largest absolute Gasteiger partial charge is 0.485 e. The second kappa shape index (κ2) is 11.5. The molecule has 5 nitrogen and oxygen atoms in total. The molecule has 32 heavy (non-hydrogen) atoms. The van der Waals surface area contributed by atoms with Crippen LogP contribution in [0.1, 0.15) is 61.5 Å². The van der Waals surface area contributed by atoms with Crippen molar-refractivity contribution in [1.82, 2.24) is 4.98 Å². The molecule has 0 bridgehead atoms. The van der Waals surface area contributed by atoms with Gasteiger partial charge in [0.25, 0.3) is 0 Å². The monoisotopic (exact) mass is 458 g/mol. The number of nitrogen functional groups attached to an aromatic ring is 1. The molecular weight excluding hydrogens is 431 g/mol. The van der Waals surface area contributed by atoms with Crippen molar-refractivity contribution >= 4 is 23.4 Å². The molecule has 0 saturated heterocycles. The maximum Gasteiger partial charge on any atom is 0.335 e. The van der Waals surface area contributed by atoms with E-state index >= 15 is 0 Å². The van der Waals surface area contributed by atoms with Gasteiger partial charge in [-0.15, -0.1) is 0 Å². The molecule has 1 unspecified atom stereocenters. The Labute approximate surface area is 193 Å². The Hall–Kier alpha value is -3.12. The Morgan fingerprint density at radius 2 is 1.84 bits per heavy atom. The molecule has 170 valence electrons. The fourth-order valence-electron chi connectivity index (χ4n) is 3.12. The van der Waals surface area contributed by atoms with E-state index in [1.165, 1.54) is 18.2 Å². The molecule has 0 amide bonds. The van der Waals surface area contributed by atoms with Crippen molar-refractivity contribution in [3.63, 3.8) is 0 Å². The first kappa shape index (κ1) is 25.1. The summed E-state index contributed by atoms with van der Waals surface area (Å²) >= 11 is 6.22. The van der Waals surface area contributed by atoms with Gasteiger partial charge in [0.05, 0.1) is 10.6 Å². The molecule has 0 aliphatic rings. The number of carboxylic acid groups (broad SMARTS) is 1. The fraction of sp³-hybridized carbons (Fsp3) is 0.280. The van der Waals surface area contributed by atoms with Crippen LogP contribution in [0, 0.1) is 5.82 Å². The predicted molar refractivity (Wildman–Crippen MR) is 127 cm³/mol. The molecule has 0 fully saturated rings. The van der Waals surface area contributed by atoms with Crippen LogP contribution in [0.15, 0.2) is 48.7 Å². The summed E-state index contributed by atoms with van der Waals surface area (Å²) in [6.07, 6.45) is 2.46. The third kappa shape index (κ3) is 5.77. The lowest BCUT2D eigenvalue weighted by atomic mass is 9.94. The number of benzene rings is 2. The van der Waals surface area contributed by atoms with E-state index in [1.807, 2.05) is 27.7 Å². The van der Waals surface area contributed by atoms with E-state index in [0.29, 0.717) is 16.9 Å². The topological polar surface area (TPSA) is 85.4 Å². The molecular formula is C25H28ClFN2O3. The van der Waals surface area contributed by atoms with E-state index in [2.05, 4.69) is 4.98 Å². The summed E-state index contributed by atoms with van der Waals surface area (Å²) in [5, 5.41) is 9.08. The van der Waals surface area contributed by atoms with Crippen molar-refractivity contribution in [2.24, 2.45) is 0 Å². The van der Waals surface area contributed by atoms with E-state index in [-0.39, 0.29) is 28.9 Å². The molecule has 0 saturated carbocycles. The summed E-state index contributed by atoms with van der Waals surface area (Å²) in [5.41, 5.74) is 9.15. The van der Waals surface area contributed by atoms with E-state index in [9.17, 15) is 9.18 Å². The molecule has 3 rings (SSSR count). The summed E-state index contributed by atoms with van der Waals surface area (Å²) in [6, 6.07) is 11.2. The van der Waals surface area contributed by atoms with E-state index in [0.717, 1.165) is 17.5 Å². The van der Waals surface area contributed by atoms with Gasteiger partial charge in [0.2, 0.25) is 0 Å². The van der Waals surface area contributed by atoms with Crippen LogP contribution in [-0.4, -0.2) is 16.1 Å². The number of hydrogen-bond donors (Lipinski definition) is 2. The number of pyridine rings is 1. The molecule has 0 aliphatic heterocycles. The van der Waals surface area contributed by atoms with E-state index in [1.54, 1.807) is 30.5 Å². The third-order valence-electron chi connectivity index (χ3n) is 5.09. The van der Waals surface area contributed by atoms with Gasteiger partial charge in [-0.25, -0.2) is 14.2 Å². The number of ether oxygens (including phenoxy) is 1. The zero-order valence-corrected chi connectivity index (χ0v) is 19.4. The van der Waals surface area contributed by atoms with Crippen LogP contribution in [0.25, 0.3) is 11.1 Å². The lowest BCUT2D eigenvalue weighted by Crippen LogP contribution is -2.07. The number of halogens is 2. The van der Waals surface area contributed by atoms with Gasteiger partial charge in [0.15, 0.2) is 11.6 Å². The normalized spacial score (nSPS) is 11.3. The van der Waals surface area contributed by atoms with Crippen LogP contribution in [0.3, 0.4) is 0 Å². The highest BCUT2D eigenvalue weighted by Gasteiger charge is 2.17. The number of hydrogen-bond acceptors (Lipinski definition) is 4. The number of rotatable bonds is 7. The first-order valence-electron chi connectivity index (χ1n) is 10.5.